The number of aryl methyl sites for hydroxylation is 1. The Labute approximate surface area is 171 Å². The molecule has 0 aliphatic carbocycles. The second-order valence-corrected chi connectivity index (χ2v) is 8.18. The predicted octanol–water partition coefficient (Wildman–Crippen LogP) is 1.84. The summed E-state index contributed by atoms with van der Waals surface area (Å²) in [6.07, 6.45) is 0.661. The maximum absolute atomic E-state index is 13.1. The van der Waals surface area contributed by atoms with Gasteiger partial charge in [-0.2, -0.15) is 5.10 Å². The van der Waals surface area contributed by atoms with Crippen LogP contribution in [0.2, 0.25) is 0 Å². The molecule has 29 heavy (non-hydrogen) atoms. The van der Waals surface area contributed by atoms with Crippen LogP contribution in [-0.2, 0) is 23.0 Å². The molecule has 0 unspecified atom stereocenters. The lowest BCUT2D eigenvalue weighted by molar-refractivity contribution is -0.152. The smallest absolute Gasteiger partial charge is 0.272 e. The Kier molecular flexibility index (Phi) is 5.41. The first-order chi connectivity index (χ1) is 13.9. The highest BCUT2D eigenvalue weighted by Gasteiger charge is 2.44. The summed E-state index contributed by atoms with van der Waals surface area (Å²) >= 11 is 0. The third-order valence-electron chi connectivity index (χ3n) is 5.86. The number of carbonyl (C=O) groups excluding carboxylic acids is 2. The van der Waals surface area contributed by atoms with E-state index in [1.165, 1.54) is 5.56 Å². The average Bonchev–Trinajstić information content (AvgIpc) is 3.31. The van der Waals surface area contributed by atoms with Crippen LogP contribution < -0.4 is 0 Å². The van der Waals surface area contributed by atoms with Crippen LogP contribution in [0.3, 0.4) is 0 Å². The Bertz CT molecular complexity index is 893. The number of ether oxygens (including phenoxy) is 1. The molecular weight excluding hydrogens is 368 g/mol. The third kappa shape index (κ3) is 3.92. The zero-order valence-corrected chi connectivity index (χ0v) is 17.2. The molecule has 2 aliphatic heterocycles. The fourth-order valence-corrected chi connectivity index (χ4v) is 4.15. The van der Waals surface area contributed by atoms with Crippen LogP contribution >= 0.6 is 0 Å². The van der Waals surface area contributed by atoms with E-state index < -0.39 is 0 Å². The van der Waals surface area contributed by atoms with Gasteiger partial charge >= 0.3 is 0 Å². The highest BCUT2D eigenvalue weighted by Crippen LogP contribution is 2.26. The number of hydrogen-bond acceptors (Lipinski definition) is 4. The summed E-state index contributed by atoms with van der Waals surface area (Å²) < 4.78 is 7.43. The summed E-state index contributed by atoms with van der Waals surface area (Å²) in [5.74, 6) is 0.206. The summed E-state index contributed by atoms with van der Waals surface area (Å²) in [7, 11) is 1.80. The number of amides is 2. The second-order valence-electron chi connectivity index (χ2n) is 8.18. The Morgan fingerprint density at radius 2 is 2.00 bits per heavy atom. The van der Waals surface area contributed by atoms with E-state index in [9.17, 15) is 9.59 Å². The predicted molar refractivity (Wildman–Crippen MR) is 109 cm³/mol. The van der Waals surface area contributed by atoms with Gasteiger partial charge in [-0.15, -0.1) is 0 Å². The minimum atomic E-state index is -0.134. The molecular formula is C22H28N4O3. The van der Waals surface area contributed by atoms with Crippen LogP contribution in [0.1, 0.15) is 41.5 Å². The number of nitrogens with zero attached hydrogens (tertiary/aromatic N) is 4. The highest BCUT2D eigenvalue weighted by molar-refractivity contribution is 5.93. The molecule has 0 spiro atoms. The molecule has 0 saturated carbocycles. The van der Waals surface area contributed by atoms with Gasteiger partial charge in [0.25, 0.3) is 5.91 Å². The topological polar surface area (TPSA) is 67.7 Å². The maximum Gasteiger partial charge on any atom is 0.272 e. The Hall–Kier alpha value is -2.67. The number of fused-ring (bicyclic) bond motifs is 1. The van der Waals surface area contributed by atoms with Gasteiger partial charge in [0.15, 0.2) is 0 Å². The van der Waals surface area contributed by atoms with E-state index in [1.807, 2.05) is 29.2 Å². The number of hydrogen-bond donors (Lipinski definition) is 0. The minimum Gasteiger partial charge on any atom is -0.364 e. The van der Waals surface area contributed by atoms with E-state index in [2.05, 4.69) is 31.1 Å². The van der Waals surface area contributed by atoms with Crippen LogP contribution in [0.15, 0.2) is 36.4 Å². The number of aromatic nitrogens is 2. The van der Waals surface area contributed by atoms with Crippen molar-refractivity contribution in [1.82, 2.24) is 19.6 Å². The number of carbonyl (C=O) groups is 2. The van der Waals surface area contributed by atoms with Crippen molar-refractivity contribution in [1.29, 1.82) is 0 Å². The summed E-state index contributed by atoms with van der Waals surface area (Å²) in [4.78, 5) is 29.3. The van der Waals surface area contributed by atoms with Crippen molar-refractivity contribution in [2.45, 2.75) is 38.3 Å². The standard InChI is InChI=1S/C22H28N4O3/c1-15(2)17-11-18(24(3)23-17)22(28)25-12-19-20(13-25)29-14-21(27)26(19)10-9-16-7-5-4-6-8-16/h4-8,11,15,19-20H,9-10,12-14H2,1-3H3/t19-,20-/m0/s1. The minimum absolute atomic E-state index is 0.000826. The normalized spacial score (nSPS) is 21.7. The maximum atomic E-state index is 13.1. The van der Waals surface area contributed by atoms with Gasteiger partial charge in [0.05, 0.1) is 17.8 Å². The van der Waals surface area contributed by atoms with Crippen molar-refractivity contribution in [2.24, 2.45) is 7.05 Å². The van der Waals surface area contributed by atoms with Gasteiger partial charge in [-0.1, -0.05) is 44.2 Å². The Balaban J connectivity index is 1.47. The fourth-order valence-electron chi connectivity index (χ4n) is 4.15. The molecule has 0 radical (unpaired) electrons. The van der Waals surface area contributed by atoms with Crippen molar-refractivity contribution >= 4 is 11.8 Å². The van der Waals surface area contributed by atoms with Gasteiger partial charge < -0.3 is 14.5 Å². The molecule has 0 N–H and O–H groups in total. The molecule has 7 nitrogen and oxygen atoms in total. The van der Waals surface area contributed by atoms with E-state index in [0.29, 0.717) is 25.3 Å². The third-order valence-corrected chi connectivity index (χ3v) is 5.86. The van der Waals surface area contributed by atoms with E-state index in [4.69, 9.17) is 4.74 Å². The van der Waals surface area contributed by atoms with Crippen molar-refractivity contribution in [3.63, 3.8) is 0 Å². The monoisotopic (exact) mass is 396 g/mol. The van der Waals surface area contributed by atoms with E-state index in [0.717, 1.165) is 12.1 Å². The highest BCUT2D eigenvalue weighted by atomic mass is 16.5. The largest absolute Gasteiger partial charge is 0.364 e. The van der Waals surface area contributed by atoms with Crippen molar-refractivity contribution < 1.29 is 14.3 Å². The Morgan fingerprint density at radius 1 is 1.24 bits per heavy atom. The van der Waals surface area contributed by atoms with Gasteiger partial charge in [0, 0.05) is 26.7 Å². The second kappa shape index (κ2) is 7.99. The van der Waals surface area contributed by atoms with Crippen molar-refractivity contribution in [2.75, 3.05) is 26.2 Å². The van der Waals surface area contributed by atoms with Crippen LogP contribution in [-0.4, -0.2) is 69.8 Å². The zero-order chi connectivity index (χ0) is 20.5. The summed E-state index contributed by atoms with van der Waals surface area (Å²) in [6.45, 7) is 5.84. The zero-order valence-electron chi connectivity index (χ0n) is 17.2. The molecule has 2 fully saturated rings. The molecule has 1 aromatic carbocycles. The lowest BCUT2D eigenvalue weighted by atomic mass is 10.1. The number of likely N-dealkylation sites (tertiary alicyclic amines) is 1. The first-order valence-electron chi connectivity index (χ1n) is 10.2. The lowest BCUT2D eigenvalue weighted by Crippen LogP contribution is -2.54. The number of rotatable bonds is 5. The van der Waals surface area contributed by atoms with Gasteiger partial charge in [-0.3, -0.25) is 14.3 Å². The van der Waals surface area contributed by atoms with Crippen molar-refractivity contribution in [3.05, 3.63) is 53.3 Å². The molecule has 154 valence electrons. The van der Waals surface area contributed by atoms with Crippen LogP contribution in [0.25, 0.3) is 0 Å². The molecule has 2 amide bonds. The first-order valence-corrected chi connectivity index (χ1v) is 10.2. The fraction of sp³-hybridized carbons (Fsp3) is 0.500. The summed E-state index contributed by atoms with van der Waals surface area (Å²) in [6, 6.07) is 11.9. The van der Waals surface area contributed by atoms with Crippen LogP contribution in [0.4, 0.5) is 0 Å². The summed E-state index contributed by atoms with van der Waals surface area (Å²) in [5, 5.41) is 4.46. The van der Waals surface area contributed by atoms with Gasteiger partial charge in [-0.05, 0) is 24.0 Å². The Morgan fingerprint density at radius 3 is 2.69 bits per heavy atom. The number of benzene rings is 1. The van der Waals surface area contributed by atoms with Crippen molar-refractivity contribution in [3.8, 4) is 0 Å². The molecule has 3 heterocycles. The molecule has 2 saturated heterocycles. The summed E-state index contributed by atoms with van der Waals surface area (Å²) in [5.41, 5.74) is 2.68. The van der Waals surface area contributed by atoms with E-state index in [1.54, 1.807) is 16.6 Å². The molecule has 0 bridgehead atoms. The molecule has 1 aromatic heterocycles. The first kappa shape index (κ1) is 19.6. The van der Waals surface area contributed by atoms with Crippen LogP contribution in [0.5, 0.6) is 0 Å². The molecule has 7 heteroatoms. The van der Waals surface area contributed by atoms with Gasteiger partial charge in [0.1, 0.15) is 12.3 Å². The number of morpholine rings is 1. The van der Waals surface area contributed by atoms with E-state index in [-0.39, 0.29) is 36.5 Å². The van der Waals surface area contributed by atoms with E-state index >= 15 is 0 Å². The quantitative estimate of drug-likeness (QED) is 0.773. The average molecular weight is 396 g/mol. The lowest BCUT2D eigenvalue weighted by Gasteiger charge is -2.36. The molecule has 2 aromatic rings. The SMILES string of the molecule is CC(C)c1cc(C(=O)N2C[C@@H]3OCC(=O)N(CCc4ccccc4)[C@H]3C2)n(C)n1. The van der Waals surface area contributed by atoms with Gasteiger partial charge in [-0.25, -0.2) is 0 Å². The van der Waals surface area contributed by atoms with Crippen LogP contribution in [0, 0.1) is 0 Å². The van der Waals surface area contributed by atoms with Gasteiger partial charge in [0.2, 0.25) is 5.91 Å². The molecule has 2 aliphatic rings. The molecule has 4 rings (SSSR count). The molecule has 2 atom stereocenters.